The molecule has 3 heteroatoms. The van der Waals surface area contributed by atoms with Crippen LogP contribution in [0.3, 0.4) is 0 Å². The summed E-state index contributed by atoms with van der Waals surface area (Å²) in [7, 11) is 0. The van der Waals surface area contributed by atoms with Crippen LogP contribution in [0.5, 0.6) is 5.75 Å². The minimum Gasteiger partial charge on any atom is -0.487 e. The van der Waals surface area contributed by atoms with Gasteiger partial charge in [-0.25, -0.2) is 0 Å². The molecule has 0 unspecified atom stereocenters. The summed E-state index contributed by atoms with van der Waals surface area (Å²) in [6, 6.07) is 6.56. The van der Waals surface area contributed by atoms with Crippen molar-refractivity contribution >= 4 is 11.8 Å². The molecule has 1 aromatic carbocycles. The SMILES string of the molecule is CC1(C)Cc2cccc(CNCC3CCSCC3)c2O1. The Morgan fingerprint density at radius 1 is 1.30 bits per heavy atom. The Morgan fingerprint density at radius 2 is 2.10 bits per heavy atom. The van der Waals surface area contributed by atoms with Crippen LogP contribution < -0.4 is 10.1 Å². The quantitative estimate of drug-likeness (QED) is 0.915. The van der Waals surface area contributed by atoms with Crippen LogP contribution in [0.4, 0.5) is 0 Å². The van der Waals surface area contributed by atoms with Crippen LogP contribution >= 0.6 is 11.8 Å². The van der Waals surface area contributed by atoms with Gasteiger partial charge in [-0.2, -0.15) is 11.8 Å². The molecule has 0 spiro atoms. The molecular weight excluding hydrogens is 266 g/mol. The molecule has 2 aliphatic heterocycles. The normalized spacial score (nSPS) is 21.5. The molecule has 2 nitrogen and oxygen atoms in total. The van der Waals surface area contributed by atoms with Gasteiger partial charge >= 0.3 is 0 Å². The van der Waals surface area contributed by atoms with Gasteiger partial charge in [-0.3, -0.25) is 0 Å². The molecule has 2 aliphatic rings. The van der Waals surface area contributed by atoms with Crippen LogP contribution in [-0.2, 0) is 13.0 Å². The highest BCUT2D eigenvalue weighted by Crippen LogP contribution is 2.37. The maximum absolute atomic E-state index is 6.12. The summed E-state index contributed by atoms with van der Waals surface area (Å²) in [6.07, 6.45) is 3.76. The van der Waals surface area contributed by atoms with Gasteiger partial charge in [0.2, 0.25) is 0 Å². The second kappa shape index (κ2) is 5.98. The molecule has 0 aromatic heterocycles. The van der Waals surface area contributed by atoms with Gasteiger partial charge in [0.25, 0.3) is 0 Å². The molecule has 1 saturated heterocycles. The summed E-state index contributed by atoms with van der Waals surface area (Å²) in [5, 5.41) is 3.64. The van der Waals surface area contributed by atoms with Crippen LogP contribution in [0.25, 0.3) is 0 Å². The van der Waals surface area contributed by atoms with Gasteiger partial charge in [0.15, 0.2) is 0 Å². The van der Waals surface area contributed by atoms with E-state index in [1.165, 1.54) is 35.5 Å². The standard InChI is InChI=1S/C17H25NOS/c1-17(2)10-14-4-3-5-15(16(14)19-17)12-18-11-13-6-8-20-9-7-13/h3-5,13,18H,6-12H2,1-2H3. The molecule has 20 heavy (non-hydrogen) atoms. The van der Waals surface area contributed by atoms with Crippen molar-refractivity contribution in [2.45, 2.75) is 45.3 Å². The third-order valence-electron chi connectivity index (χ3n) is 4.26. The predicted octanol–water partition coefficient (Wildman–Crippen LogP) is 3.63. The van der Waals surface area contributed by atoms with Crippen molar-refractivity contribution in [3.05, 3.63) is 29.3 Å². The lowest BCUT2D eigenvalue weighted by atomic mass is 10.00. The largest absolute Gasteiger partial charge is 0.487 e. The van der Waals surface area contributed by atoms with Crippen LogP contribution in [0.1, 0.15) is 37.8 Å². The van der Waals surface area contributed by atoms with Crippen LogP contribution in [0.2, 0.25) is 0 Å². The number of fused-ring (bicyclic) bond motifs is 1. The second-order valence-corrected chi connectivity index (χ2v) is 7.86. The van der Waals surface area contributed by atoms with Gasteiger partial charge in [0.05, 0.1) is 0 Å². The highest BCUT2D eigenvalue weighted by molar-refractivity contribution is 7.99. The number of benzene rings is 1. The lowest BCUT2D eigenvalue weighted by Crippen LogP contribution is -2.26. The molecule has 1 aromatic rings. The molecule has 0 radical (unpaired) electrons. The Kier molecular flexibility index (Phi) is 4.27. The van der Waals surface area contributed by atoms with Crippen molar-refractivity contribution in [1.82, 2.24) is 5.32 Å². The maximum Gasteiger partial charge on any atom is 0.127 e. The second-order valence-electron chi connectivity index (χ2n) is 6.63. The number of thioether (sulfide) groups is 1. The van der Waals surface area contributed by atoms with Crippen molar-refractivity contribution in [1.29, 1.82) is 0 Å². The lowest BCUT2D eigenvalue weighted by Gasteiger charge is -2.22. The van der Waals surface area contributed by atoms with Crippen LogP contribution in [0.15, 0.2) is 18.2 Å². The van der Waals surface area contributed by atoms with Crippen molar-refractivity contribution in [2.75, 3.05) is 18.1 Å². The fourth-order valence-electron chi connectivity index (χ4n) is 3.18. The Labute approximate surface area is 126 Å². The average Bonchev–Trinajstić information content (AvgIpc) is 2.75. The first-order valence-electron chi connectivity index (χ1n) is 7.72. The van der Waals surface area contributed by atoms with Gasteiger partial charge in [0.1, 0.15) is 11.4 Å². The average molecular weight is 291 g/mol. The highest BCUT2D eigenvalue weighted by atomic mass is 32.2. The molecule has 2 heterocycles. The van der Waals surface area contributed by atoms with Gasteiger partial charge in [-0.1, -0.05) is 18.2 Å². The zero-order valence-electron chi connectivity index (χ0n) is 12.6. The molecule has 0 aliphatic carbocycles. The van der Waals surface area contributed by atoms with Crippen molar-refractivity contribution in [3.8, 4) is 5.75 Å². The number of rotatable bonds is 4. The molecule has 110 valence electrons. The number of hydrogen-bond donors (Lipinski definition) is 1. The Hall–Kier alpha value is -0.670. The monoisotopic (exact) mass is 291 g/mol. The molecule has 0 atom stereocenters. The minimum atomic E-state index is -0.0426. The lowest BCUT2D eigenvalue weighted by molar-refractivity contribution is 0.137. The van der Waals surface area contributed by atoms with Gasteiger partial charge < -0.3 is 10.1 Å². The van der Waals surface area contributed by atoms with E-state index in [0.717, 1.165) is 31.2 Å². The van der Waals surface area contributed by atoms with Gasteiger partial charge in [-0.05, 0) is 56.2 Å². The molecule has 3 rings (SSSR count). The minimum absolute atomic E-state index is 0.0426. The zero-order valence-corrected chi connectivity index (χ0v) is 13.4. The van der Waals surface area contributed by atoms with E-state index >= 15 is 0 Å². The number of hydrogen-bond acceptors (Lipinski definition) is 3. The number of nitrogens with one attached hydrogen (secondary N) is 1. The number of para-hydroxylation sites is 1. The molecule has 0 amide bonds. The highest BCUT2D eigenvalue weighted by Gasteiger charge is 2.31. The fourth-order valence-corrected chi connectivity index (χ4v) is 4.38. The summed E-state index contributed by atoms with van der Waals surface area (Å²) in [6.45, 7) is 6.42. The summed E-state index contributed by atoms with van der Waals surface area (Å²) in [4.78, 5) is 0. The Morgan fingerprint density at radius 3 is 2.90 bits per heavy atom. The Balaban J connectivity index is 1.57. The maximum atomic E-state index is 6.12. The smallest absolute Gasteiger partial charge is 0.127 e. The summed E-state index contributed by atoms with van der Waals surface area (Å²) in [5.74, 6) is 4.67. The first-order chi connectivity index (χ1) is 9.64. The van der Waals surface area contributed by atoms with Crippen LogP contribution in [0, 0.1) is 5.92 Å². The van der Waals surface area contributed by atoms with E-state index in [1.807, 2.05) is 0 Å². The number of ether oxygens (including phenoxy) is 1. The van der Waals surface area contributed by atoms with Gasteiger partial charge in [0, 0.05) is 18.5 Å². The van der Waals surface area contributed by atoms with E-state index in [4.69, 9.17) is 4.74 Å². The third kappa shape index (κ3) is 3.32. The van der Waals surface area contributed by atoms with E-state index in [-0.39, 0.29) is 5.60 Å². The first-order valence-corrected chi connectivity index (χ1v) is 8.88. The summed E-state index contributed by atoms with van der Waals surface area (Å²) in [5.41, 5.74) is 2.64. The van der Waals surface area contributed by atoms with Crippen molar-refractivity contribution in [2.24, 2.45) is 5.92 Å². The first kappa shape index (κ1) is 14.3. The topological polar surface area (TPSA) is 21.3 Å². The van der Waals surface area contributed by atoms with Crippen molar-refractivity contribution < 1.29 is 4.74 Å². The van der Waals surface area contributed by atoms with E-state index < -0.39 is 0 Å². The summed E-state index contributed by atoms with van der Waals surface area (Å²) >= 11 is 2.10. The van der Waals surface area contributed by atoms with E-state index in [2.05, 4.69) is 49.1 Å². The summed E-state index contributed by atoms with van der Waals surface area (Å²) < 4.78 is 6.12. The molecule has 1 fully saturated rings. The Bertz CT molecular complexity index is 466. The fraction of sp³-hybridized carbons (Fsp3) is 0.647. The zero-order chi connectivity index (χ0) is 14.0. The van der Waals surface area contributed by atoms with Crippen LogP contribution in [-0.4, -0.2) is 23.7 Å². The predicted molar refractivity (Wildman–Crippen MR) is 86.6 cm³/mol. The molecular formula is C17H25NOS. The van der Waals surface area contributed by atoms with E-state index in [0.29, 0.717) is 0 Å². The van der Waals surface area contributed by atoms with E-state index in [9.17, 15) is 0 Å². The molecule has 0 bridgehead atoms. The molecule has 0 saturated carbocycles. The van der Waals surface area contributed by atoms with E-state index in [1.54, 1.807) is 0 Å². The molecule has 1 N–H and O–H groups in total. The van der Waals surface area contributed by atoms with Crippen molar-refractivity contribution in [3.63, 3.8) is 0 Å². The third-order valence-corrected chi connectivity index (χ3v) is 5.31. The van der Waals surface area contributed by atoms with Gasteiger partial charge in [-0.15, -0.1) is 0 Å².